The van der Waals surface area contributed by atoms with Crippen LogP contribution in [0, 0.1) is 5.92 Å². The first-order chi connectivity index (χ1) is 9.99. The first kappa shape index (κ1) is 15.3. The minimum atomic E-state index is -1.10. The molecule has 1 aromatic carbocycles. The van der Waals surface area contributed by atoms with Crippen LogP contribution >= 0.6 is 0 Å². The molecule has 3 N–H and O–H groups in total. The summed E-state index contributed by atoms with van der Waals surface area (Å²) < 4.78 is 0. The number of hydrogen-bond acceptors (Lipinski definition) is 3. The van der Waals surface area contributed by atoms with Gasteiger partial charge in [-0.25, -0.2) is 9.59 Å². The molecule has 6 heteroatoms. The molecule has 0 aliphatic carbocycles. The minimum Gasteiger partial charge on any atom is -0.479 e. The Balaban J connectivity index is 2.02. The minimum absolute atomic E-state index is 0.0516. The fourth-order valence-electron chi connectivity index (χ4n) is 2.51. The highest BCUT2D eigenvalue weighted by molar-refractivity contribution is 5.83. The third-order valence-electron chi connectivity index (χ3n) is 3.84. The highest BCUT2D eigenvalue weighted by Gasteiger charge is 2.31. The summed E-state index contributed by atoms with van der Waals surface area (Å²) in [7, 11) is 0. The lowest BCUT2D eigenvalue weighted by atomic mass is 10.0. The van der Waals surface area contributed by atoms with Crippen LogP contribution in [0.4, 0.5) is 4.79 Å². The largest absolute Gasteiger partial charge is 0.479 e. The molecule has 3 unspecified atom stereocenters. The van der Waals surface area contributed by atoms with E-state index < -0.39 is 24.1 Å². The zero-order valence-corrected chi connectivity index (χ0v) is 11.9. The van der Waals surface area contributed by atoms with E-state index >= 15 is 0 Å². The number of amides is 2. The number of nitrogens with one attached hydrogen (secondary N) is 1. The fourth-order valence-corrected chi connectivity index (χ4v) is 2.51. The van der Waals surface area contributed by atoms with Gasteiger partial charge in [-0.2, -0.15) is 0 Å². The number of aliphatic hydroxyl groups excluding tert-OH is 1. The normalized spacial score (nSPS) is 20.9. The molecular formula is C15H20N2O4. The molecule has 1 aromatic rings. The van der Waals surface area contributed by atoms with Gasteiger partial charge in [0.2, 0.25) is 0 Å². The standard InChI is InChI=1S/C15H20N2O4/c1-10(18)12-7-8-17(9-12)15(21)16-13(14(19)20)11-5-3-2-4-6-11/h2-6,10,12-13,18H,7-9H2,1H3,(H,16,21)(H,19,20). The van der Waals surface area contributed by atoms with E-state index in [4.69, 9.17) is 0 Å². The van der Waals surface area contributed by atoms with Crippen molar-refractivity contribution in [3.63, 3.8) is 0 Å². The first-order valence-corrected chi connectivity index (χ1v) is 7.00. The molecule has 6 nitrogen and oxygen atoms in total. The van der Waals surface area contributed by atoms with E-state index in [1.807, 2.05) is 0 Å². The lowest BCUT2D eigenvalue weighted by Crippen LogP contribution is -2.43. The van der Waals surface area contributed by atoms with E-state index in [1.165, 1.54) is 0 Å². The molecule has 21 heavy (non-hydrogen) atoms. The van der Waals surface area contributed by atoms with Crippen molar-refractivity contribution in [1.29, 1.82) is 0 Å². The quantitative estimate of drug-likeness (QED) is 0.778. The second-order valence-electron chi connectivity index (χ2n) is 5.37. The number of nitrogens with zero attached hydrogens (tertiary/aromatic N) is 1. The second kappa shape index (κ2) is 6.58. The number of urea groups is 1. The number of carbonyl (C=O) groups is 2. The average molecular weight is 292 g/mol. The van der Waals surface area contributed by atoms with Gasteiger partial charge in [-0.05, 0) is 18.9 Å². The van der Waals surface area contributed by atoms with Crippen molar-refractivity contribution in [2.75, 3.05) is 13.1 Å². The van der Waals surface area contributed by atoms with Gasteiger partial charge in [-0.1, -0.05) is 30.3 Å². The molecule has 2 rings (SSSR count). The average Bonchev–Trinajstić information content (AvgIpc) is 2.95. The number of carboxylic acids is 1. The van der Waals surface area contributed by atoms with E-state index in [9.17, 15) is 19.8 Å². The maximum Gasteiger partial charge on any atom is 0.330 e. The predicted octanol–water partition coefficient (Wildman–Crippen LogP) is 1.22. The van der Waals surface area contributed by atoms with Gasteiger partial charge in [0.05, 0.1) is 6.10 Å². The number of carbonyl (C=O) groups excluding carboxylic acids is 1. The maximum atomic E-state index is 12.2. The molecule has 2 amide bonds. The van der Waals surface area contributed by atoms with Gasteiger partial charge >= 0.3 is 12.0 Å². The Kier molecular flexibility index (Phi) is 4.80. The summed E-state index contributed by atoms with van der Waals surface area (Å²) >= 11 is 0. The summed E-state index contributed by atoms with van der Waals surface area (Å²) in [5.74, 6) is -1.04. The molecule has 1 aliphatic heterocycles. The number of rotatable bonds is 4. The van der Waals surface area contributed by atoms with Crippen LogP contribution in [0.3, 0.4) is 0 Å². The van der Waals surface area contributed by atoms with Gasteiger partial charge in [-0.15, -0.1) is 0 Å². The summed E-state index contributed by atoms with van der Waals surface area (Å²) in [6.45, 7) is 2.68. The van der Waals surface area contributed by atoms with Crippen molar-refractivity contribution in [3.05, 3.63) is 35.9 Å². The molecule has 1 aliphatic rings. The smallest absolute Gasteiger partial charge is 0.330 e. The molecule has 1 fully saturated rings. The SMILES string of the molecule is CC(O)C1CCN(C(=O)NC(C(=O)O)c2ccccc2)C1. The molecule has 114 valence electrons. The van der Waals surface area contributed by atoms with Crippen LogP contribution in [-0.4, -0.2) is 46.3 Å². The molecule has 3 atom stereocenters. The van der Waals surface area contributed by atoms with Crippen molar-refractivity contribution >= 4 is 12.0 Å². The number of likely N-dealkylation sites (tertiary alicyclic amines) is 1. The van der Waals surface area contributed by atoms with E-state index in [1.54, 1.807) is 42.2 Å². The Morgan fingerprint density at radius 3 is 2.52 bits per heavy atom. The third-order valence-corrected chi connectivity index (χ3v) is 3.84. The van der Waals surface area contributed by atoms with Crippen LogP contribution in [0.2, 0.25) is 0 Å². The first-order valence-electron chi connectivity index (χ1n) is 7.00. The van der Waals surface area contributed by atoms with Gasteiger partial charge in [-0.3, -0.25) is 0 Å². The van der Waals surface area contributed by atoms with Crippen LogP contribution in [0.1, 0.15) is 24.9 Å². The summed E-state index contributed by atoms with van der Waals surface area (Å²) in [5.41, 5.74) is 0.532. The zero-order chi connectivity index (χ0) is 15.4. The number of carboxylic acid groups (broad SMARTS) is 1. The lowest BCUT2D eigenvalue weighted by molar-refractivity contribution is -0.139. The Morgan fingerprint density at radius 1 is 1.33 bits per heavy atom. The maximum absolute atomic E-state index is 12.2. The van der Waals surface area contributed by atoms with E-state index in [-0.39, 0.29) is 5.92 Å². The van der Waals surface area contributed by atoms with Gasteiger partial charge in [0.25, 0.3) is 0 Å². The molecule has 0 saturated carbocycles. The van der Waals surface area contributed by atoms with Gasteiger partial charge in [0.1, 0.15) is 0 Å². The molecular weight excluding hydrogens is 272 g/mol. The third kappa shape index (κ3) is 3.72. The Hall–Kier alpha value is -2.08. The van der Waals surface area contributed by atoms with Crippen molar-refractivity contribution < 1.29 is 19.8 Å². The molecule has 0 aromatic heterocycles. The van der Waals surface area contributed by atoms with Crippen LogP contribution in [-0.2, 0) is 4.79 Å². The summed E-state index contributed by atoms with van der Waals surface area (Å²) in [6, 6.07) is 7.12. The number of aliphatic hydroxyl groups is 1. The van der Waals surface area contributed by atoms with Crippen LogP contribution in [0.5, 0.6) is 0 Å². The second-order valence-corrected chi connectivity index (χ2v) is 5.37. The number of benzene rings is 1. The molecule has 0 radical (unpaired) electrons. The van der Waals surface area contributed by atoms with Crippen molar-refractivity contribution in [2.24, 2.45) is 5.92 Å². The number of hydrogen-bond donors (Lipinski definition) is 3. The van der Waals surface area contributed by atoms with E-state index in [2.05, 4.69) is 5.32 Å². The van der Waals surface area contributed by atoms with Crippen molar-refractivity contribution in [3.8, 4) is 0 Å². The van der Waals surface area contributed by atoms with Gasteiger partial charge < -0.3 is 20.4 Å². The Bertz CT molecular complexity index is 504. The lowest BCUT2D eigenvalue weighted by Gasteiger charge is -2.21. The highest BCUT2D eigenvalue weighted by atomic mass is 16.4. The van der Waals surface area contributed by atoms with Crippen LogP contribution in [0.25, 0.3) is 0 Å². The van der Waals surface area contributed by atoms with Crippen molar-refractivity contribution in [1.82, 2.24) is 10.2 Å². The predicted molar refractivity (Wildman–Crippen MR) is 76.7 cm³/mol. The summed E-state index contributed by atoms with van der Waals surface area (Å²) in [6.07, 6.45) is 0.265. The van der Waals surface area contributed by atoms with Crippen LogP contribution < -0.4 is 5.32 Å². The van der Waals surface area contributed by atoms with E-state index in [0.29, 0.717) is 18.7 Å². The Morgan fingerprint density at radius 2 is 2.00 bits per heavy atom. The monoisotopic (exact) mass is 292 g/mol. The molecule has 0 spiro atoms. The summed E-state index contributed by atoms with van der Waals surface area (Å²) in [4.78, 5) is 25.1. The zero-order valence-electron chi connectivity index (χ0n) is 11.9. The molecule has 1 heterocycles. The number of aliphatic carboxylic acids is 1. The topological polar surface area (TPSA) is 89.9 Å². The van der Waals surface area contributed by atoms with Crippen molar-refractivity contribution in [2.45, 2.75) is 25.5 Å². The molecule has 0 bridgehead atoms. The highest BCUT2D eigenvalue weighted by Crippen LogP contribution is 2.20. The summed E-state index contributed by atoms with van der Waals surface area (Å²) in [5, 5.41) is 21.4. The molecule has 1 saturated heterocycles. The Labute approximate surface area is 123 Å². The van der Waals surface area contributed by atoms with Gasteiger partial charge in [0.15, 0.2) is 6.04 Å². The van der Waals surface area contributed by atoms with Gasteiger partial charge in [0, 0.05) is 19.0 Å². The fraction of sp³-hybridized carbons (Fsp3) is 0.467. The van der Waals surface area contributed by atoms with E-state index in [0.717, 1.165) is 6.42 Å². The van der Waals surface area contributed by atoms with Crippen LogP contribution in [0.15, 0.2) is 30.3 Å².